The number of hydrogen-bond donors (Lipinski definition) is 0. The average Bonchev–Trinajstić information content (AvgIpc) is 2.85. The van der Waals surface area contributed by atoms with Crippen LogP contribution in [-0.2, 0) is 0 Å². The van der Waals surface area contributed by atoms with Crippen molar-refractivity contribution in [2.75, 3.05) is 0 Å². The van der Waals surface area contributed by atoms with Gasteiger partial charge in [-0.15, -0.1) is 0 Å². The maximum Gasteiger partial charge on any atom is 0.0357 e. The summed E-state index contributed by atoms with van der Waals surface area (Å²) in [7, 11) is 0. The molecule has 2 aliphatic carbocycles. The van der Waals surface area contributed by atoms with Gasteiger partial charge >= 0.3 is 0 Å². The van der Waals surface area contributed by atoms with Crippen molar-refractivity contribution in [2.45, 2.75) is 114 Å². The van der Waals surface area contributed by atoms with E-state index in [2.05, 4.69) is 148 Å². The standard InChI is InChI=1S/C40H56/c1-31(19-13-21-33(3)25-27-37-35(5)23-15-29-39(37,7)8)17-11-12-18-32(2)20-14-22-34(4)26-28-38-36(6)24-16-30-40(38,9)10/h13-14,17,19-22,25-28,32H,11,15-16,23-24,29-30H2,1-10H3/b19-13-,20-14?,27-25+,28-26+,31-17-,33-21+,34-22+. The zero-order valence-electron chi connectivity index (χ0n) is 27.4. The minimum Gasteiger partial charge on any atom is -0.0985 e. The van der Waals surface area contributed by atoms with E-state index in [1.165, 1.54) is 66.4 Å². The molecule has 0 aliphatic heterocycles. The lowest BCUT2D eigenvalue weighted by molar-refractivity contribution is 0.376. The Kier molecular flexibility index (Phi) is 13.3. The highest BCUT2D eigenvalue weighted by molar-refractivity contribution is 5.38. The first-order chi connectivity index (χ1) is 18.8. The van der Waals surface area contributed by atoms with Gasteiger partial charge in [0.05, 0.1) is 0 Å². The Hall–Kier alpha value is -2.78. The molecule has 0 heterocycles. The van der Waals surface area contributed by atoms with Crippen molar-refractivity contribution in [1.29, 1.82) is 0 Å². The summed E-state index contributed by atoms with van der Waals surface area (Å²) in [6, 6.07) is 0. The Morgan fingerprint density at radius 2 is 1.25 bits per heavy atom. The van der Waals surface area contributed by atoms with Crippen LogP contribution in [-0.4, -0.2) is 0 Å². The number of allylic oxidation sites excluding steroid dienone is 18. The molecule has 0 aromatic heterocycles. The molecule has 0 aromatic carbocycles. The topological polar surface area (TPSA) is 0 Å². The molecule has 1 atom stereocenters. The SMILES string of the molecule is CC1=C(/C=C/C(C)=C/C=CC(C)C#CC\C=C(C)/C=C\C=C(C)\C=C\C2=C(C)CCCC2(C)C)C(C)(C)CCC1. The summed E-state index contributed by atoms with van der Waals surface area (Å²) in [4.78, 5) is 0. The number of hydrogen-bond acceptors (Lipinski definition) is 0. The van der Waals surface area contributed by atoms with Crippen molar-refractivity contribution in [3.8, 4) is 11.8 Å². The van der Waals surface area contributed by atoms with Gasteiger partial charge in [0.15, 0.2) is 0 Å². The van der Waals surface area contributed by atoms with E-state index in [0.717, 1.165) is 6.42 Å². The van der Waals surface area contributed by atoms with Gasteiger partial charge in [-0.2, -0.15) is 0 Å². The molecule has 0 aromatic rings. The van der Waals surface area contributed by atoms with Crippen molar-refractivity contribution in [3.63, 3.8) is 0 Å². The van der Waals surface area contributed by atoms with Crippen LogP contribution in [0.25, 0.3) is 0 Å². The molecule has 0 bridgehead atoms. The second-order valence-corrected chi connectivity index (χ2v) is 13.4. The molecule has 0 radical (unpaired) electrons. The minimum atomic E-state index is 0.241. The maximum absolute atomic E-state index is 3.36. The van der Waals surface area contributed by atoms with Gasteiger partial charge in [0.2, 0.25) is 0 Å². The minimum absolute atomic E-state index is 0.241. The van der Waals surface area contributed by atoms with Crippen LogP contribution in [0.3, 0.4) is 0 Å². The highest BCUT2D eigenvalue weighted by Gasteiger charge is 2.27. The molecule has 0 N–H and O–H groups in total. The Morgan fingerprint density at radius 3 is 1.75 bits per heavy atom. The first kappa shape index (κ1) is 33.4. The van der Waals surface area contributed by atoms with Crippen molar-refractivity contribution in [2.24, 2.45) is 16.7 Å². The average molecular weight is 537 g/mol. The van der Waals surface area contributed by atoms with Crippen molar-refractivity contribution >= 4 is 0 Å². The van der Waals surface area contributed by atoms with Crippen LogP contribution in [0.4, 0.5) is 0 Å². The van der Waals surface area contributed by atoms with Crippen LogP contribution in [0.2, 0.25) is 0 Å². The molecule has 0 spiro atoms. The Balaban J connectivity index is 1.84. The molecule has 2 rings (SSSR count). The van der Waals surface area contributed by atoms with Crippen molar-refractivity contribution in [3.05, 3.63) is 106 Å². The van der Waals surface area contributed by atoms with E-state index in [9.17, 15) is 0 Å². The first-order valence-corrected chi connectivity index (χ1v) is 15.4. The van der Waals surface area contributed by atoms with E-state index in [-0.39, 0.29) is 11.3 Å². The molecular formula is C40H56. The normalized spacial score (nSPS) is 21.7. The summed E-state index contributed by atoms with van der Waals surface area (Å²) in [5.74, 6) is 6.92. The molecule has 0 nitrogen and oxygen atoms in total. The van der Waals surface area contributed by atoms with Crippen LogP contribution < -0.4 is 0 Å². The molecule has 0 saturated carbocycles. The van der Waals surface area contributed by atoms with E-state index in [0.29, 0.717) is 5.41 Å². The fourth-order valence-corrected chi connectivity index (χ4v) is 5.84. The quantitative estimate of drug-likeness (QED) is 0.203. The summed E-state index contributed by atoms with van der Waals surface area (Å²) in [6.45, 7) is 22.7. The van der Waals surface area contributed by atoms with Crippen molar-refractivity contribution in [1.82, 2.24) is 0 Å². The molecule has 2 aliphatic rings. The molecule has 0 amide bonds. The van der Waals surface area contributed by atoms with Crippen LogP contribution >= 0.6 is 0 Å². The molecule has 40 heavy (non-hydrogen) atoms. The van der Waals surface area contributed by atoms with Gasteiger partial charge in [-0.3, -0.25) is 0 Å². The van der Waals surface area contributed by atoms with Gasteiger partial charge in [0, 0.05) is 12.3 Å². The predicted octanol–water partition coefficient (Wildman–Crippen LogP) is 12.1. The monoisotopic (exact) mass is 536 g/mol. The second-order valence-electron chi connectivity index (χ2n) is 13.4. The molecule has 0 saturated heterocycles. The summed E-state index contributed by atoms with van der Waals surface area (Å²) < 4.78 is 0. The van der Waals surface area contributed by atoms with E-state index in [1.807, 2.05) is 0 Å². The van der Waals surface area contributed by atoms with Crippen LogP contribution in [0.1, 0.15) is 114 Å². The summed E-state index contributed by atoms with van der Waals surface area (Å²) >= 11 is 0. The van der Waals surface area contributed by atoms with Gasteiger partial charge < -0.3 is 0 Å². The Labute approximate surface area is 248 Å². The van der Waals surface area contributed by atoms with Crippen LogP contribution in [0.15, 0.2) is 106 Å². The number of rotatable bonds is 9. The summed E-state index contributed by atoms with van der Waals surface area (Å²) in [6.07, 6.45) is 32.9. The highest BCUT2D eigenvalue weighted by atomic mass is 14.3. The maximum atomic E-state index is 3.36. The lowest BCUT2D eigenvalue weighted by Gasteiger charge is -2.33. The fourth-order valence-electron chi connectivity index (χ4n) is 5.84. The van der Waals surface area contributed by atoms with E-state index in [1.54, 1.807) is 11.1 Å². The summed E-state index contributed by atoms with van der Waals surface area (Å²) in [5.41, 5.74) is 10.5. The zero-order chi connectivity index (χ0) is 29.8. The zero-order valence-corrected chi connectivity index (χ0v) is 27.4. The van der Waals surface area contributed by atoms with Gasteiger partial charge in [-0.25, -0.2) is 0 Å². The van der Waals surface area contributed by atoms with E-state index < -0.39 is 0 Å². The van der Waals surface area contributed by atoms with E-state index in [4.69, 9.17) is 0 Å². The Morgan fingerprint density at radius 1 is 0.750 bits per heavy atom. The third kappa shape index (κ3) is 11.4. The predicted molar refractivity (Wildman–Crippen MR) is 180 cm³/mol. The molecular weight excluding hydrogens is 480 g/mol. The van der Waals surface area contributed by atoms with Crippen LogP contribution in [0.5, 0.6) is 0 Å². The van der Waals surface area contributed by atoms with Gasteiger partial charge in [-0.1, -0.05) is 134 Å². The molecule has 1 unspecified atom stereocenters. The summed E-state index contributed by atoms with van der Waals surface area (Å²) in [5, 5.41) is 0. The lowest BCUT2D eigenvalue weighted by atomic mass is 9.72. The first-order valence-electron chi connectivity index (χ1n) is 15.4. The largest absolute Gasteiger partial charge is 0.0985 e. The molecule has 0 heteroatoms. The van der Waals surface area contributed by atoms with Gasteiger partial charge in [0.25, 0.3) is 0 Å². The fraction of sp³-hybridized carbons (Fsp3) is 0.500. The van der Waals surface area contributed by atoms with Gasteiger partial charge in [0.1, 0.15) is 0 Å². The smallest absolute Gasteiger partial charge is 0.0357 e. The highest BCUT2D eigenvalue weighted by Crippen LogP contribution is 2.41. The van der Waals surface area contributed by atoms with Crippen molar-refractivity contribution < 1.29 is 0 Å². The lowest BCUT2D eigenvalue weighted by Crippen LogP contribution is -2.19. The molecule has 0 fully saturated rings. The third-order valence-electron chi connectivity index (χ3n) is 8.44. The Bertz CT molecular complexity index is 1210. The second kappa shape index (κ2) is 15.9. The van der Waals surface area contributed by atoms with Crippen LogP contribution in [0, 0.1) is 28.6 Å². The van der Waals surface area contributed by atoms with Gasteiger partial charge in [-0.05, 0) is 102 Å². The third-order valence-corrected chi connectivity index (χ3v) is 8.44. The van der Waals surface area contributed by atoms with E-state index >= 15 is 0 Å². The molecule has 216 valence electrons.